The topological polar surface area (TPSA) is 103 Å². The Bertz CT molecular complexity index is 793. The van der Waals surface area contributed by atoms with Gasteiger partial charge >= 0.3 is 5.97 Å². The maximum absolute atomic E-state index is 13.1. The van der Waals surface area contributed by atoms with E-state index in [0.717, 1.165) is 11.5 Å². The lowest BCUT2D eigenvalue weighted by atomic mass is 9.85. The second kappa shape index (κ2) is 13.2. The fraction of sp³-hybridized carbons (Fsp3) is 0.654. The summed E-state index contributed by atoms with van der Waals surface area (Å²) < 4.78 is 16.3. The Balaban J connectivity index is 2.75. The zero-order valence-corrected chi connectivity index (χ0v) is 21.9. The number of hydrogen-bond acceptors (Lipinski definition) is 6. The van der Waals surface area contributed by atoms with Gasteiger partial charge in [-0.3, -0.25) is 14.4 Å². The van der Waals surface area contributed by atoms with Crippen LogP contribution in [0, 0.1) is 11.3 Å². The first-order valence-corrected chi connectivity index (χ1v) is 11.8. The van der Waals surface area contributed by atoms with Crippen LogP contribution in [0.1, 0.15) is 67.2 Å². The molecular weight excluding hydrogens is 436 g/mol. The van der Waals surface area contributed by atoms with Crippen LogP contribution in [0.4, 0.5) is 0 Å². The van der Waals surface area contributed by atoms with Crippen molar-refractivity contribution in [1.82, 2.24) is 10.6 Å². The summed E-state index contributed by atoms with van der Waals surface area (Å²) in [5, 5.41) is 5.45. The van der Waals surface area contributed by atoms with Gasteiger partial charge in [-0.1, -0.05) is 20.8 Å². The molecule has 0 spiro atoms. The van der Waals surface area contributed by atoms with E-state index in [1.807, 2.05) is 45.0 Å². The number of rotatable bonds is 12. The van der Waals surface area contributed by atoms with Gasteiger partial charge in [0.05, 0.1) is 20.1 Å². The van der Waals surface area contributed by atoms with Crippen LogP contribution in [0.2, 0.25) is 0 Å². The van der Waals surface area contributed by atoms with Crippen molar-refractivity contribution < 1.29 is 28.6 Å². The number of likely N-dealkylation sites (N-methyl/N-ethyl adjacent to an activating group) is 1. The number of amides is 2. The number of nitrogens with one attached hydrogen (secondary N) is 2. The van der Waals surface area contributed by atoms with E-state index in [1.54, 1.807) is 27.9 Å². The van der Waals surface area contributed by atoms with Gasteiger partial charge in [0.1, 0.15) is 23.1 Å². The smallest absolute Gasteiger partial charge is 0.307 e. The van der Waals surface area contributed by atoms with E-state index >= 15 is 0 Å². The standard InChI is InChI=1S/C26H42N2O6/c1-25(2,3)22(24(31)27-7)28-23(30)18(17-21(29)34-26(4,5)6)11-9-10-16-33-20-14-12-19(32-8)13-15-20/h12-15,18,22H,9-11,16-17H2,1-8H3,(H,27,31)(H,28,30)/t18-,22-/m1/s1. The predicted octanol–water partition coefficient (Wildman–Crippen LogP) is 3.87. The van der Waals surface area contributed by atoms with Gasteiger partial charge < -0.3 is 24.8 Å². The third kappa shape index (κ3) is 10.9. The van der Waals surface area contributed by atoms with Gasteiger partial charge in [-0.15, -0.1) is 0 Å². The summed E-state index contributed by atoms with van der Waals surface area (Å²) in [5.74, 6) is -0.147. The minimum Gasteiger partial charge on any atom is -0.497 e. The number of unbranched alkanes of at least 4 members (excludes halogenated alkanes) is 1. The lowest BCUT2D eigenvalue weighted by Crippen LogP contribution is -2.54. The molecule has 0 bridgehead atoms. The zero-order chi connectivity index (χ0) is 25.9. The number of benzene rings is 1. The average Bonchev–Trinajstić information content (AvgIpc) is 2.74. The van der Waals surface area contributed by atoms with Crippen molar-refractivity contribution in [3.8, 4) is 11.5 Å². The summed E-state index contributed by atoms with van der Waals surface area (Å²) in [6.07, 6.45) is 1.81. The Morgan fingerprint density at radius 3 is 2.00 bits per heavy atom. The van der Waals surface area contributed by atoms with Crippen molar-refractivity contribution in [2.45, 2.75) is 78.9 Å². The molecule has 34 heavy (non-hydrogen) atoms. The first kappa shape index (κ1) is 29.3. The van der Waals surface area contributed by atoms with Gasteiger partial charge in [0.2, 0.25) is 11.8 Å². The SMILES string of the molecule is CNC(=O)[C@@H](NC(=O)[C@H](CCCCOc1ccc(OC)cc1)CC(=O)OC(C)(C)C)C(C)(C)C. The van der Waals surface area contributed by atoms with Crippen LogP contribution >= 0.6 is 0 Å². The third-order valence-electron chi connectivity index (χ3n) is 5.14. The van der Waals surface area contributed by atoms with E-state index < -0.39 is 28.9 Å². The Morgan fingerprint density at radius 2 is 1.50 bits per heavy atom. The number of ether oxygens (including phenoxy) is 3. The molecule has 0 aliphatic carbocycles. The highest BCUT2D eigenvalue weighted by atomic mass is 16.6. The Morgan fingerprint density at radius 1 is 0.912 bits per heavy atom. The highest BCUT2D eigenvalue weighted by Gasteiger charge is 2.34. The van der Waals surface area contributed by atoms with Gasteiger partial charge in [0, 0.05) is 13.0 Å². The van der Waals surface area contributed by atoms with Crippen molar-refractivity contribution in [2.24, 2.45) is 11.3 Å². The number of methoxy groups -OCH3 is 1. The number of hydrogen-bond donors (Lipinski definition) is 2. The molecule has 2 N–H and O–H groups in total. The summed E-state index contributed by atoms with van der Waals surface area (Å²) in [7, 11) is 3.15. The Kier molecular flexibility index (Phi) is 11.4. The molecule has 0 aromatic heterocycles. The minimum atomic E-state index is -0.718. The van der Waals surface area contributed by atoms with E-state index in [1.165, 1.54) is 7.05 Å². The van der Waals surface area contributed by atoms with E-state index in [2.05, 4.69) is 10.6 Å². The molecule has 0 heterocycles. The van der Waals surface area contributed by atoms with Gasteiger partial charge in [-0.2, -0.15) is 0 Å². The molecule has 1 aromatic carbocycles. The molecule has 0 fully saturated rings. The maximum atomic E-state index is 13.1. The molecule has 2 atom stereocenters. The fourth-order valence-electron chi connectivity index (χ4n) is 3.34. The van der Waals surface area contributed by atoms with E-state index in [4.69, 9.17) is 14.2 Å². The Labute approximate surface area is 204 Å². The minimum absolute atomic E-state index is 0.0486. The average molecular weight is 479 g/mol. The predicted molar refractivity (Wildman–Crippen MR) is 132 cm³/mol. The molecule has 8 heteroatoms. The van der Waals surface area contributed by atoms with Crippen molar-refractivity contribution in [3.05, 3.63) is 24.3 Å². The van der Waals surface area contributed by atoms with Crippen LogP contribution in [-0.2, 0) is 19.1 Å². The van der Waals surface area contributed by atoms with Crippen LogP contribution in [0.3, 0.4) is 0 Å². The molecule has 0 aliphatic heterocycles. The fourth-order valence-corrected chi connectivity index (χ4v) is 3.34. The van der Waals surface area contributed by atoms with E-state index in [-0.39, 0.29) is 18.2 Å². The van der Waals surface area contributed by atoms with Crippen LogP contribution in [0.25, 0.3) is 0 Å². The molecule has 0 unspecified atom stereocenters. The normalized spacial score (nSPS) is 13.4. The summed E-state index contributed by atoms with van der Waals surface area (Å²) in [4.78, 5) is 37.9. The molecule has 8 nitrogen and oxygen atoms in total. The molecule has 0 radical (unpaired) electrons. The number of carbonyl (C=O) groups excluding carboxylic acids is 3. The van der Waals surface area contributed by atoms with Crippen LogP contribution in [-0.4, -0.2) is 50.2 Å². The lowest BCUT2D eigenvalue weighted by Gasteiger charge is -2.31. The largest absolute Gasteiger partial charge is 0.497 e. The molecule has 0 saturated carbocycles. The second-order valence-electron chi connectivity index (χ2n) is 10.4. The highest BCUT2D eigenvalue weighted by Crippen LogP contribution is 2.23. The van der Waals surface area contributed by atoms with E-state index in [0.29, 0.717) is 25.9 Å². The van der Waals surface area contributed by atoms with Gasteiger partial charge in [-0.05, 0) is 69.7 Å². The van der Waals surface area contributed by atoms with E-state index in [9.17, 15) is 14.4 Å². The first-order chi connectivity index (χ1) is 15.8. The quantitative estimate of drug-likeness (QED) is 0.349. The molecule has 2 amide bonds. The van der Waals surface area contributed by atoms with Gasteiger partial charge in [0.25, 0.3) is 0 Å². The monoisotopic (exact) mass is 478 g/mol. The first-order valence-electron chi connectivity index (χ1n) is 11.8. The van der Waals surface area contributed by atoms with Gasteiger partial charge in [0.15, 0.2) is 0 Å². The summed E-state index contributed by atoms with van der Waals surface area (Å²) in [6, 6.07) is 6.61. The molecule has 192 valence electrons. The van der Waals surface area contributed by atoms with Crippen LogP contribution in [0.5, 0.6) is 11.5 Å². The summed E-state index contributed by atoms with van der Waals surface area (Å²) in [6.45, 7) is 11.5. The highest BCUT2D eigenvalue weighted by molar-refractivity contribution is 5.90. The van der Waals surface area contributed by atoms with Gasteiger partial charge in [-0.25, -0.2) is 0 Å². The number of carbonyl (C=O) groups is 3. The van der Waals surface area contributed by atoms with Crippen LogP contribution in [0.15, 0.2) is 24.3 Å². The third-order valence-corrected chi connectivity index (χ3v) is 5.14. The zero-order valence-electron chi connectivity index (χ0n) is 21.9. The molecule has 0 aliphatic rings. The second-order valence-corrected chi connectivity index (χ2v) is 10.4. The van der Waals surface area contributed by atoms with Crippen molar-refractivity contribution in [2.75, 3.05) is 20.8 Å². The summed E-state index contributed by atoms with van der Waals surface area (Å²) in [5.41, 5.74) is -1.13. The lowest BCUT2D eigenvalue weighted by molar-refractivity contribution is -0.157. The Hall–Kier alpha value is -2.77. The van der Waals surface area contributed by atoms with Crippen LogP contribution < -0.4 is 20.1 Å². The maximum Gasteiger partial charge on any atom is 0.307 e. The molecule has 1 aromatic rings. The summed E-state index contributed by atoms with van der Waals surface area (Å²) >= 11 is 0. The molecular formula is C26H42N2O6. The number of esters is 1. The molecule has 1 rings (SSSR count). The van der Waals surface area contributed by atoms with Crippen molar-refractivity contribution in [3.63, 3.8) is 0 Å². The molecule has 0 saturated heterocycles. The van der Waals surface area contributed by atoms with Crippen molar-refractivity contribution in [1.29, 1.82) is 0 Å². The van der Waals surface area contributed by atoms with Crippen molar-refractivity contribution >= 4 is 17.8 Å².